The maximum absolute atomic E-state index is 13.8. The predicted octanol–water partition coefficient (Wildman–Crippen LogP) is 2.25. The smallest absolute Gasteiger partial charge is 0.165 e. The van der Waals surface area contributed by atoms with E-state index in [1.165, 1.54) is 13.2 Å². The van der Waals surface area contributed by atoms with Gasteiger partial charge in [0.25, 0.3) is 0 Å². The maximum Gasteiger partial charge on any atom is 0.165 e. The Kier molecular flexibility index (Phi) is 5.17. The molecule has 8 heteroatoms. The van der Waals surface area contributed by atoms with Crippen LogP contribution in [0.25, 0.3) is 0 Å². The van der Waals surface area contributed by atoms with Crippen LogP contribution < -0.4 is 9.47 Å². The van der Waals surface area contributed by atoms with Gasteiger partial charge in [-0.05, 0) is 47.2 Å². The van der Waals surface area contributed by atoms with E-state index in [1.54, 1.807) is 23.0 Å². The predicted molar refractivity (Wildman–Crippen MR) is 88.1 cm³/mol. The Bertz CT molecular complexity index is 835. The van der Waals surface area contributed by atoms with Crippen LogP contribution in [0.4, 0.5) is 4.39 Å². The third-order valence-corrected chi connectivity index (χ3v) is 3.60. The first kappa shape index (κ1) is 16.8. The first-order chi connectivity index (χ1) is 12.2. The second-order valence-electron chi connectivity index (χ2n) is 5.32. The van der Waals surface area contributed by atoms with Gasteiger partial charge in [-0.15, -0.1) is 5.10 Å². The molecule has 0 bridgehead atoms. The molecule has 0 aliphatic rings. The molecule has 0 amide bonds. The standard InChI is InChI=1S/C17H18FN5O2/c1-3-25-14-6-5-13(19-10-14)11-23-17(20-21-22-23)9-12-4-7-16(24-2)15(18)8-12/h4-8,10H,3,9,11H2,1-2H3. The van der Waals surface area contributed by atoms with E-state index in [0.717, 1.165) is 17.0 Å². The largest absolute Gasteiger partial charge is 0.494 e. The highest BCUT2D eigenvalue weighted by molar-refractivity contribution is 5.30. The molecule has 2 aromatic heterocycles. The summed E-state index contributed by atoms with van der Waals surface area (Å²) in [6.07, 6.45) is 2.08. The van der Waals surface area contributed by atoms with Crippen molar-refractivity contribution in [1.82, 2.24) is 25.2 Å². The van der Waals surface area contributed by atoms with Crippen molar-refractivity contribution in [1.29, 1.82) is 0 Å². The fourth-order valence-electron chi connectivity index (χ4n) is 2.39. The first-order valence-electron chi connectivity index (χ1n) is 7.84. The zero-order chi connectivity index (χ0) is 17.6. The fourth-order valence-corrected chi connectivity index (χ4v) is 2.39. The Labute approximate surface area is 144 Å². The second kappa shape index (κ2) is 7.69. The minimum atomic E-state index is -0.410. The van der Waals surface area contributed by atoms with E-state index in [4.69, 9.17) is 9.47 Å². The molecule has 7 nitrogen and oxygen atoms in total. The van der Waals surface area contributed by atoms with Gasteiger partial charge in [-0.25, -0.2) is 9.07 Å². The topological polar surface area (TPSA) is 75.0 Å². The zero-order valence-corrected chi connectivity index (χ0v) is 14.0. The lowest BCUT2D eigenvalue weighted by atomic mass is 10.1. The Morgan fingerprint density at radius 2 is 2.08 bits per heavy atom. The molecule has 0 unspecified atom stereocenters. The van der Waals surface area contributed by atoms with Crippen LogP contribution in [0.15, 0.2) is 36.5 Å². The molecule has 0 saturated heterocycles. The molecule has 0 aliphatic heterocycles. The van der Waals surface area contributed by atoms with Crippen LogP contribution in [-0.4, -0.2) is 38.9 Å². The molecule has 0 fully saturated rings. The summed E-state index contributed by atoms with van der Waals surface area (Å²) in [5.41, 5.74) is 1.56. The number of ether oxygens (including phenoxy) is 2. The summed E-state index contributed by atoms with van der Waals surface area (Å²) in [6.45, 7) is 2.94. The van der Waals surface area contributed by atoms with Crippen molar-refractivity contribution in [2.45, 2.75) is 19.9 Å². The Hall–Kier alpha value is -3.03. The SMILES string of the molecule is CCOc1ccc(Cn2nnnc2Cc2ccc(OC)c(F)c2)nc1. The van der Waals surface area contributed by atoms with Gasteiger partial charge < -0.3 is 9.47 Å². The lowest BCUT2D eigenvalue weighted by molar-refractivity contribution is 0.338. The van der Waals surface area contributed by atoms with Crippen molar-refractivity contribution in [2.75, 3.05) is 13.7 Å². The summed E-state index contributed by atoms with van der Waals surface area (Å²) in [5.74, 6) is 1.14. The summed E-state index contributed by atoms with van der Waals surface area (Å²) in [6, 6.07) is 8.52. The van der Waals surface area contributed by atoms with Gasteiger partial charge in [0.15, 0.2) is 17.4 Å². The lowest BCUT2D eigenvalue weighted by Crippen LogP contribution is -2.09. The average molecular weight is 343 g/mol. The molecule has 0 saturated carbocycles. The van der Waals surface area contributed by atoms with Crippen LogP contribution >= 0.6 is 0 Å². The molecule has 0 aliphatic carbocycles. The molecule has 3 rings (SSSR count). The number of hydrogen-bond donors (Lipinski definition) is 0. The van der Waals surface area contributed by atoms with Crippen LogP contribution in [0.2, 0.25) is 0 Å². The number of pyridine rings is 1. The number of tetrazole rings is 1. The first-order valence-corrected chi connectivity index (χ1v) is 7.84. The number of rotatable bonds is 7. The highest BCUT2D eigenvalue weighted by atomic mass is 19.1. The molecular weight excluding hydrogens is 325 g/mol. The number of methoxy groups -OCH3 is 1. The highest BCUT2D eigenvalue weighted by Gasteiger charge is 2.11. The Morgan fingerprint density at radius 1 is 1.20 bits per heavy atom. The van der Waals surface area contributed by atoms with E-state index in [9.17, 15) is 4.39 Å². The highest BCUT2D eigenvalue weighted by Crippen LogP contribution is 2.19. The zero-order valence-electron chi connectivity index (χ0n) is 14.0. The average Bonchev–Trinajstić information content (AvgIpc) is 3.04. The Balaban J connectivity index is 1.73. The summed E-state index contributed by atoms with van der Waals surface area (Å²) >= 11 is 0. The van der Waals surface area contributed by atoms with E-state index >= 15 is 0 Å². The summed E-state index contributed by atoms with van der Waals surface area (Å²) in [4.78, 5) is 4.34. The monoisotopic (exact) mass is 343 g/mol. The minimum absolute atomic E-state index is 0.210. The molecule has 3 aromatic rings. The van der Waals surface area contributed by atoms with Gasteiger partial charge in [0.05, 0.1) is 32.2 Å². The van der Waals surface area contributed by atoms with Gasteiger partial charge in [-0.2, -0.15) is 0 Å². The molecule has 2 heterocycles. The van der Waals surface area contributed by atoms with E-state index < -0.39 is 5.82 Å². The molecule has 0 spiro atoms. The van der Waals surface area contributed by atoms with Crippen molar-refractivity contribution in [2.24, 2.45) is 0 Å². The number of aromatic nitrogens is 5. The van der Waals surface area contributed by atoms with Gasteiger partial charge in [-0.1, -0.05) is 6.07 Å². The molecule has 1 aromatic carbocycles. The van der Waals surface area contributed by atoms with Crippen LogP contribution in [-0.2, 0) is 13.0 Å². The molecular formula is C17H18FN5O2. The van der Waals surface area contributed by atoms with E-state index in [-0.39, 0.29) is 5.75 Å². The van der Waals surface area contributed by atoms with Gasteiger partial charge in [0.1, 0.15) is 5.75 Å². The van der Waals surface area contributed by atoms with Crippen molar-refractivity contribution >= 4 is 0 Å². The number of nitrogens with zero attached hydrogens (tertiary/aromatic N) is 5. The van der Waals surface area contributed by atoms with Crippen LogP contribution in [0.5, 0.6) is 11.5 Å². The van der Waals surface area contributed by atoms with E-state index in [2.05, 4.69) is 20.5 Å². The molecule has 0 radical (unpaired) electrons. The van der Waals surface area contributed by atoms with Gasteiger partial charge in [0.2, 0.25) is 0 Å². The van der Waals surface area contributed by atoms with Gasteiger partial charge in [-0.3, -0.25) is 4.98 Å². The van der Waals surface area contributed by atoms with Gasteiger partial charge in [0, 0.05) is 6.42 Å². The van der Waals surface area contributed by atoms with Crippen molar-refractivity contribution < 1.29 is 13.9 Å². The fraction of sp³-hybridized carbons (Fsp3) is 0.294. The van der Waals surface area contributed by atoms with Crippen molar-refractivity contribution in [3.63, 3.8) is 0 Å². The van der Waals surface area contributed by atoms with E-state index in [1.807, 2.05) is 19.1 Å². The summed E-state index contributed by atoms with van der Waals surface area (Å²) in [5, 5.41) is 11.7. The maximum atomic E-state index is 13.8. The van der Waals surface area contributed by atoms with Crippen molar-refractivity contribution in [3.8, 4) is 11.5 Å². The lowest BCUT2D eigenvalue weighted by Gasteiger charge is -2.07. The third-order valence-electron chi connectivity index (χ3n) is 3.60. The summed E-state index contributed by atoms with van der Waals surface area (Å²) in [7, 11) is 1.43. The number of benzene rings is 1. The van der Waals surface area contributed by atoms with Crippen molar-refractivity contribution in [3.05, 3.63) is 59.4 Å². The molecule has 130 valence electrons. The van der Waals surface area contributed by atoms with Crippen LogP contribution in [0, 0.1) is 5.82 Å². The molecule has 0 N–H and O–H groups in total. The quantitative estimate of drug-likeness (QED) is 0.655. The normalized spacial score (nSPS) is 10.7. The van der Waals surface area contributed by atoms with E-state index in [0.29, 0.717) is 25.4 Å². The molecule has 25 heavy (non-hydrogen) atoms. The number of halogens is 1. The molecule has 0 atom stereocenters. The Morgan fingerprint density at radius 3 is 2.76 bits per heavy atom. The minimum Gasteiger partial charge on any atom is -0.494 e. The van der Waals surface area contributed by atoms with Gasteiger partial charge >= 0.3 is 0 Å². The van der Waals surface area contributed by atoms with Crippen LogP contribution in [0.3, 0.4) is 0 Å². The summed E-state index contributed by atoms with van der Waals surface area (Å²) < 4.78 is 25.8. The third kappa shape index (κ3) is 4.09. The van der Waals surface area contributed by atoms with Crippen LogP contribution in [0.1, 0.15) is 24.0 Å². The second-order valence-corrected chi connectivity index (χ2v) is 5.32. The number of hydrogen-bond acceptors (Lipinski definition) is 6.